The van der Waals surface area contributed by atoms with Crippen molar-refractivity contribution in [3.05, 3.63) is 10.0 Å². The Hall–Kier alpha value is -0.620. The van der Waals surface area contributed by atoms with Gasteiger partial charge in [0.2, 0.25) is 5.92 Å². The van der Waals surface area contributed by atoms with Gasteiger partial charge in [-0.1, -0.05) is 11.3 Å². The van der Waals surface area contributed by atoms with Crippen LogP contribution in [-0.4, -0.2) is 22.2 Å². The molecule has 2 aliphatic rings. The van der Waals surface area contributed by atoms with Crippen molar-refractivity contribution in [3.63, 3.8) is 0 Å². The van der Waals surface area contributed by atoms with Crippen LogP contribution in [0, 0.1) is 0 Å². The predicted molar refractivity (Wildman–Crippen MR) is 61.3 cm³/mol. The van der Waals surface area contributed by atoms with Crippen LogP contribution in [0.3, 0.4) is 0 Å². The van der Waals surface area contributed by atoms with Crippen molar-refractivity contribution in [1.29, 1.82) is 0 Å². The SMILES string of the molecule is FC1(F)CCC(c2nnc(CNC3CC3)s2)C1. The number of hydrogen-bond acceptors (Lipinski definition) is 4. The fraction of sp³-hybridized carbons (Fsp3) is 0.818. The van der Waals surface area contributed by atoms with E-state index in [9.17, 15) is 8.78 Å². The van der Waals surface area contributed by atoms with Gasteiger partial charge in [0.05, 0.1) is 0 Å². The maximum atomic E-state index is 13.1. The van der Waals surface area contributed by atoms with Crippen LogP contribution < -0.4 is 5.32 Å². The molecule has 2 aliphatic carbocycles. The Labute approximate surface area is 103 Å². The molecule has 6 heteroatoms. The lowest BCUT2D eigenvalue weighted by Crippen LogP contribution is -2.14. The van der Waals surface area contributed by atoms with Crippen molar-refractivity contribution in [3.8, 4) is 0 Å². The van der Waals surface area contributed by atoms with Gasteiger partial charge in [-0.05, 0) is 19.3 Å². The molecule has 0 spiro atoms. The quantitative estimate of drug-likeness (QED) is 0.903. The van der Waals surface area contributed by atoms with Crippen molar-refractivity contribution in [2.45, 2.75) is 56.5 Å². The van der Waals surface area contributed by atoms with Crippen molar-refractivity contribution in [2.24, 2.45) is 0 Å². The summed E-state index contributed by atoms with van der Waals surface area (Å²) in [4.78, 5) is 0. The molecule has 0 saturated heterocycles. The fourth-order valence-electron chi connectivity index (χ4n) is 2.18. The molecule has 0 radical (unpaired) electrons. The van der Waals surface area contributed by atoms with Gasteiger partial charge < -0.3 is 5.32 Å². The number of hydrogen-bond donors (Lipinski definition) is 1. The number of nitrogens with zero attached hydrogens (tertiary/aromatic N) is 2. The number of alkyl halides is 2. The second-order valence-electron chi connectivity index (χ2n) is 4.98. The molecule has 1 atom stereocenters. The Morgan fingerprint density at radius 3 is 2.76 bits per heavy atom. The van der Waals surface area contributed by atoms with E-state index in [4.69, 9.17) is 0 Å². The van der Waals surface area contributed by atoms with Crippen LogP contribution in [0.1, 0.15) is 48.0 Å². The minimum atomic E-state index is -2.50. The average Bonchev–Trinajstić information content (AvgIpc) is 2.86. The molecule has 1 N–H and O–H groups in total. The van der Waals surface area contributed by atoms with E-state index in [1.165, 1.54) is 24.2 Å². The summed E-state index contributed by atoms with van der Waals surface area (Å²) in [6.45, 7) is 0.728. The highest BCUT2D eigenvalue weighted by Gasteiger charge is 2.41. The summed E-state index contributed by atoms with van der Waals surface area (Å²) >= 11 is 1.48. The molecule has 0 amide bonds. The highest BCUT2D eigenvalue weighted by Crippen LogP contribution is 2.44. The lowest BCUT2D eigenvalue weighted by atomic mass is 10.1. The van der Waals surface area contributed by atoms with Gasteiger partial charge in [0.25, 0.3) is 0 Å². The lowest BCUT2D eigenvalue weighted by molar-refractivity contribution is 0.00775. The zero-order valence-electron chi connectivity index (χ0n) is 9.46. The monoisotopic (exact) mass is 259 g/mol. The van der Waals surface area contributed by atoms with Gasteiger partial charge >= 0.3 is 0 Å². The molecule has 1 unspecified atom stereocenters. The maximum Gasteiger partial charge on any atom is 0.248 e. The molecule has 1 aromatic heterocycles. The first-order valence-electron chi connectivity index (χ1n) is 6.06. The molecule has 3 nitrogen and oxygen atoms in total. The van der Waals surface area contributed by atoms with Crippen molar-refractivity contribution in [1.82, 2.24) is 15.5 Å². The minimum Gasteiger partial charge on any atom is -0.308 e. The summed E-state index contributed by atoms with van der Waals surface area (Å²) in [7, 11) is 0. The van der Waals surface area contributed by atoms with Crippen molar-refractivity contribution >= 4 is 11.3 Å². The molecule has 0 bridgehead atoms. The summed E-state index contributed by atoms with van der Waals surface area (Å²) in [5.41, 5.74) is 0. The standard InChI is InChI=1S/C11H15F2N3S/c12-11(13)4-3-7(5-11)10-16-15-9(17-10)6-14-8-1-2-8/h7-8,14H,1-6H2. The Morgan fingerprint density at radius 2 is 2.12 bits per heavy atom. The van der Waals surface area contributed by atoms with E-state index in [0.29, 0.717) is 12.5 Å². The van der Waals surface area contributed by atoms with Gasteiger partial charge in [0.1, 0.15) is 10.0 Å². The average molecular weight is 259 g/mol. The normalized spacial score (nSPS) is 27.5. The van der Waals surface area contributed by atoms with Crippen LogP contribution in [0.4, 0.5) is 8.78 Å². The maximum absolute atomic E-state index is 13.1. The van der Waals surface area contributed by atoms with Crippen molar-refractivity contribution in [2.75, 3.05) is 0 Å². The molecule has 1 aromatic rings. The Bertz CT molecular complexity index is 403. The summed E-state index contributed by atoms with van der Waals surface area (Å²) in [6.07, 6.45) is 2.95. The highest BCUT2D eigenvalue weighted by atomic mass is 32.1. The fourth-order valence-corrected chi connectivity index (χ4v) is 3.11. The largest absolute Gasteiger partial charge is 0.308 e. The first kappa shape index (κ1) is 11.5. The first-order valence-corrected chi connectivity index (χ1v) is 6.87. The number of aromatic nitrogens is 2. The van der Waals surface area contributed by atoms with E-state index in [-0.39, 0.29) is 18.8 Å². The molecule has 3 rings (SSSR count). The highest BCUT2D eigenvalue weighted by molar-refractivity contribution is 7.11. The third-order valence-electron chi connectivity index (χ3n) is 3.35. The van der Waals surface area contributed by atoms with Gasteiger partial charge in [0, 0.05) is 31.3 Å². The molecule has 94 valence electrons. The van der Waals surface area contributed by atoms with Crippen LogP contribution in [-0.2, 0) is 6.54 Å². The molecular weight excluding hydrogens is 244 g/mol. The molecular formula is C11H15F2N3S. The topological polar surface area (TPSA) is 37.8 Å². The van der Waals surface area contributed by atoms with Gasteiger partial charge in [-0.25, -0.2) is 8.78 Å². The summed E-state index contributed by atoms with van der Waals surface area (Å²) in [6, 6.07) is 0.637. The Morgan fingerprint density at radius 1 is 1.29 bits per heavy atom. The molecule has 0 aliphatic heterocycles. The minimum absolute atomic E-state index is 0.00704. The Balaban J connectivity index is 1.59. The van der Waals surface area contributed by atoms with Gasteiger partial charge in [0.15, 0.2) is 0 Å². The zero-order chi connectivity index (χ0) is 11.9. The van der Waals surface area contributed by atoms with E-state index in [1.807, 2.05) is 0 Å². The van der Waals surface area contributed by atoms with Gasteiger partial charge in [-0.2, -0.15) is 0 Å². The molecule has 2 saturated carbocycles. The number of halogens is 2. The zero-order valence-corrected chi connectivity index (χ0v) is 10.3. The summed E-state index contributed by atoms with van der Waals surface area (Å²) in [5.74, 6) is -2.58. The van der Waals surface area contributed by atoms with Crippen LogP contribution in [0.2, 0.25) is 0 Å². The van der Waals surface area contributed by atoms with E-state index < -0.39 is 5.92 Å². The molecule has 0 aromatic carbocycles. The second-order valence-corrected chi connectivity index (χ2v) is 6.08. The predicted octanol–water partition coefficient (Wildman–Crippen LogP) is 2.69. The number of rotatable bonds is 4. The van der Waals surface area contributed by atoms with Gasteiger partial charge in [-0.15, -0.1) is 10.2 Å². The van der Waals surface area contributed by atoms with Gasteiger partial charge in [-0.3, -0.25) is 0 Å². The third-order valence-corrected chi connectivity index (χ3v) is 4.44. The number of nitrogens with one attached hydrogen (secondary N) is 1. The third kappa shape index (κ3) is 2.80. The van der Waals surface area contributed by atoms with E-state index >= 15 is 0 Å². The molecule has 1 heterocycles. The van der Waals surface area contributed by atoms with Crippen LogP contribution in [0.25, 0.3) is 0 Å². The summed E-state index contributed by atoms with van der Waals surface area (Å²) in [5, 5.41) is 13.2. The molecule has 17 heavy (non-hydrogen) atoms. The van der Waals surface area contributed by atoms with Crippen molar-refractivity contribution < 1.29 is 8.78 Å². The summed E-state index contributed by atoms with van der Waals surface area (Å²) < 4.78 is 26.2. The van der Waals surface area contributed by atoms with E-state index in [1.54, 1.807) is 0 Å². The van der Waals surface area contributed by atoms with E-state index in [2.05, 4.69) is 15.5 Å². The second kappa shape index (κ2) is 4.24. The smallest absolute Gasteiger partial charge is 0.248 e. The van der Waals surface area contributed by atoms with Crippen LogP contribution >= 0.6 is 11.3 Å². The van der Waals surface area contributed by atoms with E-state index in [0.717, 1.165) is 16.6 Å². The molecule has 2 fully saturated rings. The first-order chi connectivity index (χ1) is 8.12. The van der Waals surface area contributed by atoms with Crippen LogP contribution in [0.5, 0.6) is 0 Å². The lowest BCUT2D eigenvalue weighted by Gasteiger charge is -2.06. The Kier molecular flexibility index (Phi) is 2.86. The van der Waals surface area contributed by atoms with Crippen LogP contribution in [0.15, 0.2) is 0 Å².